The summed E-state index contributed by atoms with van der Waals surface area (Å²) in [6.07, 6.45) is 0.887. The molecule has 0 saturated carbocycles. The lowest BCUT2D eigenvalue weighted by Gasteiger charge is -2.39. The highest BCUT2D eigenvalue weighted by molar-refractivity contribution is 5.96. The second-order valence-electron chi connectivity index (χ2n) is 6.25. The Kier molecular flexibility index (Phi) is 3.57. The Labute approximate surface area is 133 Å². The molecule has 3 heterocycles. The topological polar surface area (TPSA) is 79.9 Å². The predicted molar refractivity (Wildman–Crippen MR) is 81.0 cm³/mol. The van der Waals surface area contributed by atoms with Crippen LogP contribution >= 0.6 is 0 Å². The van der Waals surface area contributed by atoms with Crippen LogP contribution in [0.3, 0.4) is 0 Å². The Hall–Kier alpha value is -2.28. The van der Waals surface area contributed by atoms with E-state index in [1.165, 1.54) is 4.90 Å². The summed E-state index contributed by atoms with van der Waals surface area (Å²) >= 11 is 0. The van der Waals surface area contributed by atoms with Crippen molar-refractivity contribution in [3.05, 3.63) is 23.8 Å². The lowest BCUT2D eigenvalue weighted by Crippen LogP contribution is -2.58. The quantitative estimate of drug-likeness (QED) is 0.839. The van der Waals surface area contributed by atoms with Crippen LogP contribution in [-0.2, 0) is 11.3 Å². The number of rotatable bonds is 2. The normalized spacial score (nSPS) is 25.4. The number of ether oxygens (including phenoxy) is 2. The number of nitrogens with one attached hydrogen (secondary N) is 2. The monoisotopic (exact) mass is 317 g/mol. The fraction of sp³-hybridized carbons (Fsp3) is 0.500. The number of imide groups is 1. The van der Waals surface area contributed by atoms with E-state index >= 15 is 0 Å². The van der Waals surface area contributed by atoms with Crippen molar-refractivity contribution in [2.24, 2.45) is 11.8 Å². The van der Waals surface area contributed by atoms with Crippen LogP contribution in [0.15, 0.2) is 18.2 Å². The second kappa shape index (κ2) is 5.73. The van der Waals surface area contributed by atoms with E-state index in [9.17, 15) is 9.59 Å². The molecule has 0 radical (unpaired) electrons. The summed E-state index contributed by atoms with van der Waals surface area (Å²) < 4.78 is 10.6. The molecule has 3 aliphatic rings. The predicted octanol–water partition coefficient (Wildman–Crippen LogP) is 0.693. The number of hydrogen-bond acceptors (Lipinski definition) is 5. The smallest absolute Gasteiger partial charge is 0.324 e. The third-order valence-electron chi connectivity index (χ3n) is 4.62. The molecule has 0 aliphatic carbocycles. The molecule has 122 valence electrons. The zero-order valence-electron chi connectivity index (χ0n) is 12.7. The maximum absolute atomic E-state index is 12.4. The first-order valence-electron chi connectivity index (χ1n) is 7.89. The van der Waals surface area contributed by atoms with E-state index < -0.39 is 0 Å². The van der Waals surface area contributed by atoms with Gasteiger partial charge in [0.05, 0.1) is 5.92 Å². The molecule has 7 nitrogen and oxygen atoms in total. The van der Waals surface area contributed by atoms with Gasteiger partial charge in [0.15, 0.2) is 11.5 Å². The van der Waals surface area contributed by atoms with E-state index in [2.05, 4.69) is 10.6 Å². The maximum Gasteiger partial charge on any atom is 0.324 e. The Morgan fingerprint density at radius 3 is 3.09 bits per heavy atom. The van der Waals surface area contributed by atoms with E-state index in [1.54, 1.807) is 0 Å². The van der Waals surface area contributed by atoms with Crippen molar-refractivity contribution >= 4 is 11.9 Å². The fourth-order valence-electron chi connectivity index (χ4n) is 3.43. The van der Waals surface area contributed by atoms with Gasteiger partial charge in [0.1, 0.15) is 0 Å². The van der Waals surface area contributed by atoms with Crippen molar-refractivity contribution < 1.29 is 19.1 Å². The van der Waals surface area contributed by atoms with Crippen LogP contribution in [0.1, 0.15) is 12.0 Å². The minimum Gasteiger partial charge on any atom is -0.454 e. The number of nitrogens with zero attached hydrogens (tertiary/aromatic N) is 1. The van der Waals surface area contributed by atoms with Crippen molar-refractivity contribution in [1.29, 1.82) is 0 Å². The summed E-state index contributed by atoms with van der Waals surface area (Å²) in [7, 11) is 0. The zero-order valence-corrected chi connectivity index (χ0v) is 12.7. The number of hydrogen-bond donors (Lipinski definition) is 2. The number of carbonyl (C=O) groups excluding carboxylic acids is 2. The summed E-state index contributed by atoms with van der Waals surface area (Å²) in [4.78, 5) is 26.1. The van der Waals surface area contributed by atoms with Crippen LogP contribution in [0.5, 0.6) is 11.5 Å². The molecule has 4 rings (SSSR count). The summed E-state index contributed by atoms with van der Waals surface area (Å²) in [5.41, 5.74) is 0.911. The Bertz CT molecular complexity index is 648. The highest BCUT2D eigenvalue weighted by Gasteiger charge is 2.39. The molecule has 7 heteroatoms. The van der Waals surface area contributed by atoms with E-state index in [4.69, 9.17) is 9.47 Å². The SMILES string of the molecule is O=C(NCc1ccc2c(c1)OCO2)N1CC2CNCC(C2)C1=O. The van der Waals surface area contributed by atoms with E-state index in [0.717, 1.165) is 18.5 Å². The molecule has 3 amide bonds. The number of likely N-dealkylation sites (tertiary alicyclic amines) is 1. The fourth-order valence-corrected chi connectivity index (χ4v) is 3.43. The van der Waals surface area contributed by atoms with Crippen LogP contribution in [0.4, 0.5) is 4.79 Å². The second-order valence-corrected chi connectivity index (χ2v) is 6.25. The van der Waals surface area contributed by atoms with Gasteiger partial charge >= 0.3 is 6.03 Å². The van der Waals surface area contributed by atoms with Gasteiger partial charge in [-0.25, -0.2) is 4.79 Å². The zero-order chi connectivity index (χ0) is 15.8. The average Bonchev–Trinajstić information content (AvgIpc) is 3.04. The standard InChI is InChI=1S/C16H19N3O4/c20-15-12-3-11(5-17-7-12)8-19(15)16(21)18-6-10-1-2-13-14(4-10)23-9-22-13/h1-2,4,11-12,17H,3,5-9H2,(H,18,21). The minimum absolute atomic E-state index is 0.0706. The number of piperidine rings is 2. The van der Waals surface area contributed by atoms with Crippen molar-refractivity contribution in [3.8, 4) is 11.5 Å². The third kappa shape index (κ3) is 2.72. The van der Waals surface area contributed by atoms with E-state index in [-0.39, 0.29) is 24.6 Å². The maximum atomic E-state index is 12.4. The lowest BCUT2D eigenvalue weighted by atomic mass is 9.85. The molecule has 2 unspecified atom stereocenters. The molecular weight excluding hydrogens is 298 g/mol. The number of fused-ring (bicyclic) bond motifs is 3. The molecular formula is C16H19N3O4. The van der Waals surface area contributed by atoms with Gasteiger partial charge in [-0.2, -0.15) is 0 Å². The van der Waals surface area contributed by atoms with Crippen molar-refractivity contribution in [2.75, 3.05) is 26.4 Å². The number of urea groups is 1. The van der Waals surface area contributed by atoms with Crippen molar-refractivity contribution in [1.82, 2.24) is 15.5 Å². The number of carbonyl (C=O) groups is 2. The van der Waals surface area contributed by atoms with E-state index in [1.807, 2.05) is 18.2 Å². The van der Waals surface area contributed by atoms with Crippen molar-refractivity contribution in [3.63, 3.8) is 0 Å². The minimum atomic E-state index is -0.315. The molecule has 2 bridgehead atoms. The van der Waals surface area contributed by atoms with Crippen LogP contribution in [-0.4, -0.2) is 43.3 Å². The molecule has 23 heavy (non-hydrogen) atoms. The Balaban J connectivity index is 1.39. The Morgan fingerprint density at radius 2 is 2.17 bits per heavy atom. The lowest BCUT2D eigenvalue weighted by molar-refractivity contribution is -0.137. The van der Waals surface area contributed by atoms with Gasteiger partial charge in [0.25, 0.3) is 0 Å². The van der Waals surface area contributed by atoms with Crippen LogP contribution < -0.4 is 20.1 Å². The molecule has 3 aliphatic heterocycles. The molecule has 2 saturated heterocycles. The van der Waals surface area contributed by atoms with Gasteiger partial charge in [-0.15, -0.1) is 0 Å². The van der Waals surface area contributed by atoms with Gasteiger partial charge in [0.2, 0.25) is 12.7 Å². The highest BCUT2D eigenvalue weighted by Crippen LogP contribution is 2.32. The summed E-state index contributed by atoms with van der Waals surface area (Å²) in [5, 5.41) is 6.08. The molecule has 1 aromatic rings. The van der Waals surface area contributed by atoms with Crippen molar-refractivity contribution in [2.45, 2.75) is 13.0 Å². The van der Waals surface area contributed by atoms with Crippen LogP contribution in [0, 0.1) is 11.8 Å². The third-order valence-corrected chi connectivity index (χ3v) is 4.62. The van der Waals surface area contributed by atoms with Crippen LogP contribution in [0.2, 0.25) is 0 Å². The van der Waals surface area contributed by atoms with Crippen LogP contribution in [0.25, 0.3) is 0 Å². The molecule has 2 atom stereocenters. The van der Waals surface area contributed by atoms with Gasteiger partial charge in [-0.1, -0.05) is 6.07 Å². The molecule has 0 spiro atoms. The highest BCUT2D eigenvalue weighted by atomic mass is 16.7. The summed E-state index contributed by atoms with van der Waals surface area (Å²) in [5.74, 6) is 1.62. The summed E-state index contributed by atoms with van der Waals surface area (Å²) in [6, 6.07) is 5.24. The Morgan fingerprint density at radius 1 is 1.30 bits per heavy atom. The molecule has 1 aromatic carbocycles. The number of benzene rings is 1. The first kappa shape index (κ1) is 14.3. The molecule has 2 N–H and O–H groups in total. The summed E-state index contributed by atoms with van der Waals surface area (Å²) in [6.45, 7) is 2.61. The molecule has 2 fully saturated rings. The van der Waals surface area contributed by atoms with Gasteiger partial charge in [-0.05, 0) is 36.6 Å². The number of amides is 3. The van der Waals surface area contributed by atoms with Gasteiger partial charge in [0, 0.05) is 19.6 Å². The first-order valence-corrected chi connectivity index (χ1v) is 7.89. The van der Waals surface area contributed by atoms with E-state index in [0.29, 0.717) is 37.1 Å². The van der Waals surface area contributed by atoms with Gasteiger partial charge < -0.3 is 20.1 Å². The molecule has 0 aromatic heterocycles. The average molecular weight is 317 g/mol. The largest absolute Gasteiger partial charge is 0.454 e. The van der Waals surface area contributed by atoms with Gasteiger partial charge in [-0.3, -0.25) is 9.69 Å². The first-order chi connectivity index (χ1) is 11.2.